The second-order valence-electron chi connectivity index (χ2n) is 3.86. The summed E-state index contributed by atoms with van der Waals surface area (Å²) in [6, 6.07) is -0.0771. The molecule has 4 nitrogen and oxygen atoms in total. The Morgan fingerprint density at radius 2 is 2.43 bits per heavy atom. The van der Waals surface area contributed by atoms with Crippen LogP contribution >= 0.6 is 0 Å². The van der Waals surface area contributed by atoms with Crippen LogP contribution in [-0.2, 0) is 0 Å². The summed E-state index contributed by atoms with van der Waals surface area (Å²) in [6.45, 7) is 3.11. The lowest BCUT2D eigenvalue weighted by molar-refractivity contribution is 0.242. The topological polar surface area (TPSA) is 53.2 Å². The van der Waals surface area contributed by atoms with Gasteiger partial charge in [-0.3, -0.25) is 0 Å². The molecule has 1 heterocycles. The summed E-state index contributed by atoms with van der Waals surface area (Å²) in [6.07, 6.45) is 4.94. The van der Waals surface area contributed by atoms with Crippen molar-refractivity contribution in [3.63, 3.8) is 0 Å². The molecule has 0 radical (unpaired) electrons. The molecule has 1 saturated heterocycles. The van der Waals surface area contributed by atoms with Crippen molar-refractivity contribution in [2.75, 3.05) is 26.7 Å². The highest BCUT2D eigenvalue weighted by atomic mass is 16.2. The summed E-state index contributed by atoms with van der Waals surface area (Å²) in [5.74, 6) is 0.815. The number of carbonyl (C=O) groups is 1. The molecule has 1 atom stereocenters. The van der Waals surface area contributed by atoms with E-state index in [1.165, 1.54) is 25.8 Å². The fourth-order valence-electron chi connectivity index (χ4n) is 1.85. The van der Waals surface area contributed by atoms with E-state index in [1.54, 1.807) is 7.05 Å². The van der Waals surface area contributed by atoms with Crippen LogP contribution in [0.15, 0.2) is 0 Å². The standard InChI is InChI=1S/C10H21N3O/c1-11-10(14)13-7-3-5-9-4-2-6-12-8-9/h9,12H,2-8H2,1H3,(H2,11,13,14). The van der Waals surface area contributed by atoms with E-state index in [0.29, 0.717) is 0 Å². The normalized spacial score (nSPS) is 21.6. The van der Waals surface area contributed by atoms with Crippen LogP contribution in [0.3, 0.4) is 0 Å². The number of nitrogens with one attached hydrogen (secondary N) is 3. The Morgan fingerprint density at radius 1 is 1.57 bits per heavy atom. The third-order valence-corrected chi connectivity index (χ3v) is 2.70. The number of rotatable bonds is 4. The van der Waals surface area contributed by atoms with E-state index in [1.807, 2.05) is 0 Å². The number of amides is 2. The Hall–Kier alpha value is -0.770. The zero-order valence-electron chi connectivity index (χ0n) is 8.94. The van der Waals surface area contributed by atoms with Gasteiger partial charge in [0, 0.05) is 13.6 Å². The van der Waals surface area contributed by atoms with Crippen LogP contribution in [0, 0.1) is 5.92 Å². The van der Waals surface area contributed by atoms with Gasteiger partial charge in [0.1, 0.15) is 0 Å². The maximum atomic E-state index is 10.8. The Morgan fingerprint density at radius 3 is 3.07 bits per heavy atom. The quantitative estimate of drug-likeness (QED) is 0.584. The summed E-state index contributed by atoms with van der Waals surface area (Å²) in [4.78, 5) is 10.8. The first kappa shape index (κ1) is 11.3. The Kier molecular flexibility index (Phi) is 5.37. The second kappa shape index (κ2) is 6.65. The molecule has 2 amide bonds. The van der Waals surface area contributed by atoms with Gasteiger partial charge < -0.3 is 16.0 Å². The Balaban J connectivity index is 1.94. The molecule has 0 aromatic carbocycles. The number of urea groups is 1. The van der Waals surface area contributed by atoms with Crippen LogP contribution in [0.2, 0.25) is 0 Å². The molecule has 1 aliphatic heterocycles. The van der Waals surface area contributed by atoms with Gasteiger partial charge in [0.2, 0.25) is 0 Å². The van der Waals surface area contributed by atoms with Gasteiger partial charge in [0.25, 0.3) is 0 Å². The van der Waals surface area contributed by atoms with Crippen LogP contribution in [0.1, 0.15) is 25.7 Å². The van der Waals surface area contributed by atoms with Gasteiger partial charge in [-0.2, -0.15) is 0 Å². The zero-order valence-corrected chi connectivity index (χ0v) is 8.94. The SMILES string of the molecule is CNC(=O)NCCCC1CCCNC1. The first-order chi connectivity index (χ1) is 6.83. The van der Waals surface area contributed by atoms with Gasteiger partial charge in [-0.25, -0.2) is 4.79 Å². The van der Waals surface area contributed by atoms with Crippen molar-refractivity contribution in [2.24, 2.45) is 5.92 Å². The molecule has 1 fully saturated rings. The summed E-state index contributed by atoms with van der Waals surface area (Å²) in [5, 5.41) is 8.74. The van der Waals surface area contributed by atoms with Crippen LogP contribution in [0.5, 0.6) is 0 Å². The molecule has 82 valence electrons. The molecule has 1 aliphatic rings. The number of hydrogen-bond acceptors (Lipinski definition) is 2. The minimum Gasteiger partial charge on any atom is -0.341 e. The average Bonchev–Trinajstić information content (AvgIpc) is 2.25. The minimum atomic E-state index is -0.0771. The van der Waals surface area contributed by atoms with Gasteiger partial charge in [-0.15, -0.1) is 0 Å². The third kappa shape index (κ3) is 4.46. The van der Waals surface area contributed by atoms with E-state index >= 15 is 0 Å². The van der Waals surface area contributed by atoms with Gasteiger partial charge in [0.05, 0.1) is 0 Å². The lowest BCUT2D eigenvalue weighted by atomic mass is 9.95. The van der Waals surface area contributed by atoms with Gasteiger partial charge in [-0.05, 0) is 44.7 Å². The van der Waals surface area contributed by atoms with Crippen LogP contribution in [-0.4, -0.2) is 32.7 Å². The maximum Gasteiger partial charge on any atom is 0.314 e. The van der Waals surface area contributed by atoms with Crippen LogP contribution in [0.4, 0.5) is 4.79 Å². The van der Waals surface area contributed by atoms with E-state index in [9.17, 15) is 4.79 Å². The van der Waals surface area contributed by atoms with Gasteiger partial charge in [0.15, 0.2) is 0 Å². The molecule has 0 aromatic rings. The van der Waals surface area contributed by atoms with Crippen LogP contribution in [0.25, 0.3) is 0 Å². The van der Waals surface area contributed by atoms with Crippen molar-refractivity contribution >= 4 is 6.03 Å². The predicted octanol–water partition coefficient (Wildman–Crippen LogP) is 0.695. The Bertz CT molecular complexity index is 167. The average molecular weight is 199 g/mol. The van der Waals surface area contributed by atoms with E-state index in [2.05, 4.69) is 16.0 Å². The van der Waals surface area contributed by atoms with E-state index < -0.39 is 0 Å². The van der Waals surface area contributed by atoms with E-state index in [-0.39, 0.29) is 6.03 Å². The number of carbonyl (C=O) groups excluding carboxylic acids is 1. The molecule has 0 spiro atoms. The fraction of sp³-hybridized carbons (Fsp3) is 0.900. The summed E-state index contributed by atoms with van der Waals surface area (Å²) in [5.41, 5.74) is 0. The molecular weight excluding hydrogens is 178 g/mol. The summed E-state index contributed by atoms with van der Waals surface area (Å²) in [7, 11) is 1.64. The highest BCUT2D eigenvalue weighted by Gasteiger charge is 2.11. The van der Waals surface area contributed by atoms with Crippen molar-refractivity contribution in [1.29, 1.82) is 0 Å². The number of piperidine rings is 1. The molecule has 1 unspecified atom stereocenters. The molecule has 4 heteroatoms. The zero-order chi connectivity index (χ0) is 10.2. The largest absolute Gasteiger partial charge is 0.341 e. The van der Waals surface area contributed by atoms with Crippen molar-refractivity contribution in [2.45, 2.75) is 25.7 Å². The van der Waals surface area contributed by atoms with Gasteiger partial charge >= 0.3 is 6.03 Å². The highest BCUT2D eigenvalue weighted by Crippen LogP contribution is 2.15. The third-order valence-electron chi connectivity index (χ3n) is 2.70. The molecule has 0 aliphatic carbocycles. The van der Waals surface area contributed by atoms with Gasteiger partial charge in [-0.1, -0.05) is 0 Å². The lowest BCUT2D eigenvalue weighted by Gasteiger charge is -2.22. The van der Waals surface area contributed by atoms with E-state index in [4.69, 9.17) is 0 Å². The molecule has 0 saturated carbocycles. The summed E-state index contributed by atoms with van der Waals surface area (Å²) >= 11 is 0. The Labute approximate surface area is 85.8 Å². The van der Waals surface area contributed by atoms with Crippen molar-refractivity contribution < 1.29 is 4.79 Å². The molecule has 3 N–H and O–H groups in total. The predicted molar refractivity (Wildman–Crippen MR) is 57.3 cm³/mol. The van der Waals surface area contributed by atoms with E-state index in [0.717, 1.165) is 25.4 Å². The highest BCUT2D eigenvalue weighted by molar-refractivity contribution is 5.73. The molecule has 1 rings (SSSR count). The first-order valence-electron chi connectivity index (χ1n) is 5.49. The monoisotopic (exact) mass is 199 g/mol. The smallest absolute Gasteiger partial charge is 0.314 e. The maximum absolute atomic E-state index is 10.8. The molecular formula is C10H21N3O. The van der Waals surface area contributed by atoms with Crippen molar-refractivity contribution in [3.05, 3.63) is 0 Å². The fourth-order valence-corrected chi connectivity index (χ4v) is 1.85. The molecule has 0 bridgehead atoms. The summed E-state index contributed by atoms with van der Waals surface area (Å²) < 4.78 is 0. The minimum absolute atomic E-state index is 0.0771. The second-order valence-corrected chi connectivity index (χ2v) is 3.86. The van der Waals surface area contributed by atoms with Crippen molar-refractivity contribution in [3.8, 4) is 0 Å². The van der Waals surface area contributed by atoms with Crippen LogP contribution < -0.4 is 16.0 Å². The first-order valence-corrected chi connectivity index (χ1v) is 5.49. The lowest BCUT2D eigenvalue weighted by Crippen LogP contribution is -2.34. The molecule has 0 aromatic heterocycles. The molecule has 14 heavy (non-hydrogen) atoms. The van der Waals surface area contributed by atoms with Crippen molar-refractivity contribution in [1.82, 2.24) is 16.0 Å². The number of hydrogen-bond donors (Lipinski definition) is 3.